The van der Waals surface area contributed by atoms with E-state index in [0.29, 0.717) is 6.04 Å². The summed E-state index contributed by atoms with van der Waals surface area (Å²) in [4.78, 5) is 0. The van der Waals surface area contributed by atoms with E-state index in [1.54, 1.807) is 12.1 Å². The summed E-state index contributed by atoms with van der Waals surface area (Å²) in [5, 5.41) is 3.56. The van der Waals surface area contributed by atoms with E-state index >= 15 is 0 Å². The number of rotatable bonds is 6. The Hall–Kier alpha value is -0.410. The van der Waals surface area contributed by atoms with Crippen LogP contribution in [0.25, 0.3) is 0 Å². The zero-order valence-electron chi connectivity index (χ0n) is 10.9. The maximum absolute atomic E-state index is 13.1. The van der Waals surface area contributed by atoms with Gasteiger partial charge in [0.05, 0.1) is 0 Å². The Kier molecular flexibility index (Phi) is 5.19. The van der Waals surface area contributed by atoms with Crippen LogP contribution in [0, 0.1) is 11.7 Å². The minimum absolute atomic E-state index is 0.176. The van der Waals surface area contributed by atoms with E-state index in [2.05, 4.69) is 28.2 Å². The number of hydrogen-bond donors (Lipinski definition) is 1. The summed E-state index contributed by atoms with van der Waals surface area (Å²) in [5.74, 6) is 0.720. The number of halogens is 2. The van der Waals surface area contributed by atoms with Crippen molar-refractivity contribution < 1.29 is 4.39 Å². The molecular weight excluding hydrogens is 293 g/mol. The fraction of sp³-hybridized carbons (Fsp3) is 0.600. The quantitative estimate of drug-likeness (QED) is 0.825. The van der Waals surface area contributed by atoms with Crippen LogP contribution in [-0.2, 0) is 6.42 Å². The lowest BCUT2D eigenvalue weighted by Crippen LogP contribution is -2.34. The van der Waals surface area contributed by atoms with Crippen molar-refractivity contribution in [1.29, 1.82) is 0 Å². The van der Waals surface area contributed by atoms with Crippen LogP contribution in [0.2, 0.25) is 0 Å². The number of benzene rings is 1. The third kappa shape index (κ3) is 3.79. The van der Waals surface area contributed by atoms with Crippen LogP contribution < -0.4 is 5.32 Å². The average Bonchev–Trinajstić information content (AvgIpc) is 2.27. The van der Waals surface area contributed by atoms with E-state index in [0.717, 1.165) is 23.4 Å². The van der Waals surface area contributed by atoms with Gasteiger partial charge >= 0.3 is 0 Å². The Labute approximate surface area is 117 Å². The second kappa shape index (κ2) is 6.67. The van der Waals surface area contributed by atoms with Gasteiger partial charge in [0.25, 0.3) is 0 Å². The minimum Gasteiger partial charge on any atom is -0.314 e. The van der Waals surface area contributed by atoms with E-state index in [9.17, 15) is 4.39 Å². The van der Waals surface area contributed by atoms with Crippen molar-refractivity contribution in [2.75, 3.05) is 6.54 Å². The third-order valence-corrected chi connectivity index (χ3v) is 4.56. The molecule has 1 aromatic carbocycles. The molecule has 1 aliphatic rings. The van der Waals surface area contributed by atoms with Crippen molar-refractivity contribution in [2.45, 2.75) is 45.1 Å². The van der Waals surface area contributed by atoms with Gasteiger partial charge in [-0.2, -0.15) is 0 Å². The maximum atomic E-state index is 13.1. The van der Waals surface area contributed by atoms with Crippen LogP contribution in [-0.4, -0.2) is 12.6 Å². The van der Waals surface area contributed by atoms with E-state index in [-0.39, 0.29) is 5.82 Å². The molecule has 0 bridgehead atoms. The average molecular weight is 314 g/mol. The SMILES string of the molecule is CCNC(Cc1ccc(F)cc1Br)CC1CCC1. The van der Waals surface area contributed by atoms with Crippen LogP contribution in [0.3, 0.4) is 0 Å². The van der Waals surface area contributed by atoms with Gasteiger partial charge < -0.3 is 5.32 Å². The van der Waals surface area contributed by atoms with Gasteiger partial charge in [-0.05, 0) is 43.0 Å². The molecule has 1 saturated carbocycles. The highest BCUT2D eigenvalue weighted by Crippen LogP contribution is 2.31. The summed E-state index contributed by atoms with van der Waals surface area (Å²) in [5.41, 5.74) is 1.20. The molecule has 0 amide bonds. The number of hydrogen-bond acceptors (Lipinski definition) is 1. The van der Waals surface area contributed by atoms with Gasteiger partial charge in [-0.15, -0.1) is 0 Å². The topological polar surface area (TPSA) is 12.0 Å². The highest BCUT2D eigenvalue weighted by Gasteiger charge is 2.22. The molecule has 0 heterocycles. The summed E-state index contributed by atoms with van der Waals surface area (Å²) in [7, 11) is 0. The largest absolute Gasteiger partial charge is 0.314 e. The predicted molar refractivity (Wildman–Crippen MR) is 77.2 cm³/mol. The normalized spacial score (nSPS) is 17.5. The Morgan fingerprint density at radius 3 is 2.78 bits per heavy atom. The van der Waals surface area contributed by atoms with Crippen LogP contribution in [0.1, 0.15) is 38.2 Å². The fourth-order valence-electron chi connectivity index (χ4n) is 2.61. The Morgan fingerprint density at radius 1 is 1.44 bits per heavy atom. The van der Waals surface area contributed by atoms with E-state index in [1.165, 1.54) is 31.2 Å². The molecule has 0 spiro atoms. The molecule has 3 heteroatoms. The van der Waals surface area contributed by atoms with Gasteiger partial charge in [0.15, 0.2) is 0 Å². The number of likely N-dealkylation sites (N-methyl/N-ethyl adjacent to an activating group) is 1. The van der Waals surface area contributed by atoms with Crippen molar-refractivity contribution in [1.82, 2.24) is 5.32 Å². The molecule has 1 N–H and O–H groups in total. The molecule has 1 unspecified atom stereocenters. The van der Waals surface area contributed by atoms with Gasteiger partial charge in [0.1, 0.15) is 5.82 Å². The van der Waals surface area contributed by atoms with Crippen LogP contribution in [0.5, 0.6) is 0 Å². The lowest BCUT2D eigenvalue weighted by molar-refractivity contribution is 0.260. The van der Waals surface area contributed by atoms with Gasteiger partial charge in [-0.3, -0.25) is 0 Å². The molecule has 1 atom stereocenters. The molecule has 1 aromatic rings. The zero-order valence-corrected chi connectivity index (χ0v) is 12.5. The monoisotopic (exact) mass is 313 g/mol. The summed E-state index contributed by atoms with van der Waals surface area (Å²) in [6.45, 7) is 3.14. The van der Waals surface area contributed by atoms with Gasteiger partial charge in [-0.25, -0.2) is 4.39 Å². The summed E-state index contributed by atoms with van der Waals surface area (Å²) < 4.78 is 13.9. The van der Waals surface area contributed by atoms with Gasteiger partial charge in [0.2, 0.25) is 0 Å². The van der Waals surface area contributed by atoms with Gasteiger partial charge in [0, 0.05) is 10.5 Å². The van der Waals surface area contributed by atoms with Gasteiger partial charge in [-0.1, -0.05) is 48.2 Å². The highest BCUT2D eigenvalue weighted by atomic mass is 79.9. The first-order valence-electron chi connectivity index (χ1n) is 6.86. The zero-order chi connectivity index (χ0) is 13.0. The second-order valence-electron chi connectivity index (χ2n) is 5.23. The molecule has 18 heavy (non-hydrogen) atoms. The molecule has 0 radical (unpaired) electrons. The Bertz CT molecular complexity index is 390. The summed E-state index contributed by atoms with van der Waals surface area (Å²) >= 11 is 3.46. The molecule has 1 nitrogen and oxygen atoms in total. The first-order valence-corrected chi connectivity index (χ1v) is 7.65. The standard InChI is InChI=1S/C15H21BrFN/c1-2-18-14(8-11-4-3-5-11)9-12-6-7-13(17)10-15(12)16/h6-7,10-11,14,18H,2-5,8-9H2,1H3. The molecule has 100 valence electrons. The first kappa shape index (κ1) is 14.0. The fourth-order valence-corrected chi connectivity index (χ4v) is 3.12. The summed E-state index contributed by atoms with van der Waals surface area (Å²) in [6, 6.07) is 5.51. The first-order chi connectivity index (χ1) is 8.69. The predicted octanol–water partition coefficient (Wildman–Crippen LogP) is 4.30. The van der Waals surface area contributed by atoms with E-state index in [4.69, 9.17) is 0 Å². The lowest BCUT2D eigenvalue weighted by Gasteiger charge is -2.30. The Morgan fingerprint density at radius 2 is 2.22 bits per heavy atom. The van der Waals surface area contributed by atoms with Crippen LogP contribution in [0.4, 0.5) is 4.39 Å². The molecular formula is C15H21BrFN. The van der Waals surface area contributed by atoms with Crippen molar-refractivity contribution in [3.05, 3.63) is 34.1 Å². The van der Waals surface area contributed by atoms with Crippen molar-refractivity contribution in [3.63, 3.8) is 0 Å². The smallest absolute Gasteiger partial charge is 0.124 e. The molecule has 0 saturated heterocycles. The van der Waals surface area contributed by atoms with E-state index in [1.807, 2.05) is 6.07 Å². The minimum atomic E-state index is -0.176. The van der Waals surface area contributed by atoms with Crippen molar-refractivity contribution >= 4 is 15.9 Å². The molecule has 2 rings (SSSR count). The molecule has 1 aliphatic carbocycles. The van der Waals surface area contributed by atoms with E-state index < -0.39 is 0 Å². The Balaban J connectivity index is 1.97. The third-order valence-electron chi connectivity index (χ3n) is 3.82. The second-order valence-corrected chi connectivity index (χ2v) is 6.08. The molecule has 0 aliphatic heterocycles. The lowest BCUT2D eigenvalue weighted by atomic mass is 9.80. The summed E-state index contributed by atoms with van der Waals surface area (Å²) in [6.07, 6.45) is 6.38. The van der Waals surface area contributed by atoms with Crippen molar-refractivity contribution in [2.24, 2.45) is 5.92 Å². The highest BCUT2D eigenvalue weighted by molar-refractivity contribution is 9.10. The van der Waals surface area contributed by atoms with Crippen LogP contribution in [0.15, 0.2) is 22.7 Å². The maximum Gasteiger partial charge on any atom is 0.124 e. The van der Waals surface area contributed by atoms with Crippen LogP contribution >= 0.6 is 15.9 Å². The molecule has 0 aromatic heterocycles. The van der Waals surface area contributed by atoms with Crippen molar-refractivity contribution in [3.8, 4) is 0 Å². The molecule has 1 fully saturated rings. The number of nitrogens with one attached hydrogen (secondary N) is 1.